The van der Waals surface area contributed by atoms with Gasteiger partial charge in [-0.3, -0.25) is 10.4 Å². The topological polar surface area (TPSA) is 135 Å². The predicted molar refractivity (Wildman–Crippen MR) is 185 cm³/mol. The monoisotopic (exact) mass is 623 g/mol. The lowest BCUT2D eigenvalue weighted by molar-refractivity contribution is 0.262. The first-order chi connectivity index (χ1) is 23.0. The van der Waals surface area contributed by atoms with Crippen LogP contribution >= 0.6 is 0 Å². The molecule has 0 unspecified atom stereocenters. The predicted octanol–water partition coefficient (Wildman–Crippen LogP) is 8.52. The number of fused-ring (bicyclic) bond motifs is 2. The van der Waals surface area contributed by atoms with Gasteiger partial charge in [0, 0.05) is 40.2 Å². The summed E-state index contributed by atoms with van der Waals surface area (Å²) in [7, 11) is 0. The van der Waals surface area contributed by atoms with E-state index in [2.05, 4.69) is 43.0 Å². The van der Waals surface area contributed by atoms with Crippen LogP contribution in [-0.2, 0) is 6.42 Å². The van der Waals surface area contributed by atoms with Gasteiger partial charge in [-0.2, -0.15) is 15.2 Å². The Bertz CT molecular complexity index is 2190. The number of rotatable bonds is 10. The van der Waals surface area contributed by atoms with E-state index in [0.717, 1.165) is 63.6 Å². The van der Waals surface area contributed by atoms with Crippen molar-refractivity contribution < 1.29 is 9.53 Å². The summed E-state index contributed by atoms with van der Waals surface area (Å²) >= 11 is 0. The maximum atomic E-state index is 13.4. The van der Waals surface area contributed by atoms with Gasteiger partial charge in [0.1, 0.15) is 11.6 Å². The third kappa shape index (κ3) is 6.59. The highest BCUT2D eigenvalue weighted by Crippen LogP contribution is 2.34. The fourth-order valence-corrected chi connectivity index (χ4v) is 5.34. The summed E-state index contributed by atoms with van der Waals surface area (Å²) in [6, 6.07) is 28.5. The van der Waals surface area contributed by atoms with Crippen molar-refractivity contribution in [2.45, 2.75) is 33.1 Å². The van der Waals surface area contributed by atoms with E-state index < -0.39 is 0 Å². The minimum absolute atomic E-state index is 0.374. The van der Waals surface area contributed by atoms with Gasteiger partial charge in [0.25, 0.3) is 0 Å². The maximum absolute atomic E-state index is 13.4. The third-order valence-corrected chi connectivity index (χ3v) is 7.74. The molecule has 234 valence electrons. The van der Waals surface area contributed by atoms with Gasteiger partial charge in [-0.05, 0) is 62.2 Å². The fraction of sp³-hybridized carbons (Fsp3) is 0.139. The molecule has 7 aromatic rings. The van der Waals surface area contributed by atoms with Crippen LogP contribution in [0.4, 0.5) is 27.9 Å². The second-order valence-electron chi connectivity index (χ2n) is 11.2. The highest BCUT2D eigenvalue weighted by Gasteiger charge is 2.15. The van der Waals surface area contributed by atoms with Crippen LogP contribution in [0.25, 0.3) is 27.4 Å². The summed E-state index contributed by atoms with van der Waals surface area (Å²) in [5.41, 5.74) is 5.37. The lowest BCUT2D eigenvalue weighted by Crippen LogP contribution is -2.21. The Morgan fingerprint density at radius 3 is 2.64 bits per heavy atom. The number of nitrogens with one attached hydrogen (secondary N) is 4. The first-order valence-electron chi connectivity index (χ1n) is 15.5. The molecule has 0 radical (unpaired) electrons. The van der Waals surface area contributed by atoms with E-state index in [1.165, 1.54) is 0 Å². The van der Waals surface area contributed by atoms with Crippen molar-refractivity contribution in [1.82, 2.24) is 29.9 Å². The van der Waals surface area contributed by atoms with Crippen molar-refractivity contribution >= 4 is 50.8 Å². The highest BCUT2D eigenvalue weighted by molar-refractivity contribution is 6.07. The molecule has 47 heavy (non-hydrogen) atoms. The number of aromatic amines is 1. The van der Waals surface area contributed by atoms with E-state index in [1.807, 2.05) is 91.9 Å². The van der Waals surface area contributed by atoms with Gasteiger partial charge in [0.05, 0.1) is 28.8 Å². The zero-order chi connectivity index (χ0) is 32.2. The summed E-state index contributed by atoms with van der Waals surface area (Å²) < 4.78 is 8.02. The molecule has 4 N–H and O–H groups in total. The smallest absolute Gasteiger partial charge is 0.324 e. The number of carbonyl (C=O) groups excluding carboxylic acids is 1. The SMILES string of the molecule is CCCCc1cc(NC(=O)Nc2ccc(Oc3ccnc(Nc4ccc5[nH]ncc5c4)n3)c3ccccc23)n(-c2ccc(C)cc2)n1. The Labute approximate surface area is 271 Å². The second kappa shape index (κ2) is 13.0. The van der Waals surface area contributed by atoms with Crippen LogP contribution in [0.3, 0.4) is 0 Å². The summed E-state index contributed by atoms with van der Waals surface area (Å²) in [4.78, 5) is 22.3. The summed E-state index contributed by atoms with van der Waals surface area (Å²) in [5, 5.41) is 23.7. The second-order valence-corrected chi connectivity index (χ2v) is 11.2. The summed E-state index contributed by atoms with van der Waals surface area (Å²) in [5.74, 6) is 1.96. The van der Waals surface area contributed by atoms with Crippen molar-refractivity contribution in [2.24, 2.45) is 0 Å². The third-order valence-electron chi connectivity index (χ3n) is 7.74. The van der Waals surface area contributed by atoms with E-state index in [-0.39, 0.29) is 6.03 Å². The van der Waals surface area contributed by atoms with Crippen molar-refractivity contribution in [3.63, 3.8) is 0 Å². The van der Waals surface area contributed by atoms with Crippen LogP contribution < -0.4 is 20.7 Å². The van der Waals surface area contributed by atoms with Gasteiger partial charge in [-0.15, -0.1) is 0 Å². The normalized spacial score (nSPS) is 11.1. The van der Waals surface area contributed by atoms with Crippen LogP contribution in [0.5, 0.6) is 11.6 Å². The number of urea groups is 1. The Balaban J connectivity index is 1.10. The van der Waals surface area contributed by atoms with E-state index in [1.54, 1.807) is 23.1 Å². The summed E-state index contributed by atoms with van der Waals surface area (Å²) in [6.07, 6.45) is 6.32. The fourth-order valence-electron chi connectivity index (χ4n) is 5.34. The van der Waals surface area contributed by atoms with Gasteiger partial charge >= 0.3 is 6.03 Å². The molecule has 2 amide bonds. The number of hydrogen-bond acceptors (Lipinski definition) is 7. The first kappa shape index (κ1) is 29.5. The maximum Gasteiger partial charge on any atom is 0.324 e. The summed E-state index contributed by atoms with van der Waals surface area (Å²) in [6.45, 7) is 4.19. The van der Waals surface area contributed by atoms with Crippen molar-refractivity contribution in [2.75, 3.05) is 16.0 Å². The molecule has 0 saturated carbocycles. The van der Waals surface area contributed by atoms with E-state index >= 15 is 0 Å². The number of nitrogens with zero attached hydrogens (tertiary/aromatic N) is 5. The van der Waals surface area contributed by atoms with Gasteiger partial charge in [0.15, 0.2) is 0 Å². The van der Waals surface area contributed by atoms with Gasteiger partial charge < -0.3 is 15.4 Å². The lowest BCUT2D eigenvalue weighted by Gasteiger charge is -2.14. The minimum atomic E-state index is -0.376. The standard InChI is InChI=1S/C36H33N9O2/c1-3-4-7-26-21-33(45(44-26)27-13-10-23(2)11-14-27)41-36(46)40-31-16-17-32(29-9-6-5-8-28(29)31)47-34-18-19-37-35(42-34)39-25-12-15-30-24(20-25)22-38-43-30/h5-6,8-22H,3-4,7H2,1-2H3,(H,38,43)(H,37,39,42)(H2,40,41,46). The first-order valence-corrected chi connectivity index (χ1v) is 15.5. The van der Waals surface area contributed by atoms with Crippen LogP contribution in [-0.4, -0.2) is 36.0 Å². The lowest BCUT2D eigenvalue weighted by atomic mass is 10.1. The molecule has 11 heteroatoms. The van der Waals surface area contributed by atoms with Crippen LogP contribution in [0.2, 0.25) is 0 Å². The number of ether oxygens (including phenoxy) is 1. The molecule has 0 fully saturated rings. The van der Waals surface area contributed by atoms with Crippen LogP contribution in [0, 0.1) is 6.92 Å². The van der Waals surface area contributed by atoms with E-state index in [0.29, 0.717) is 29.1 Å². The number of benzene rings is 4. The van der Waals surface area contributed by atoms with Crippen LogP contribution in [0.1, 0.15) is 31.0 Å². The number of anilines is 4. The number of hydrogen-bond donors (Lipinski definition) is 4. The van der Waals surface area contributed by atoms with E-state index in [9.17, 15) is 4.79 Å². The van der Waals surface area contributed by atoms with Gasteiger partial charge in [-0.1, -0.05) is 55.3 Å². The molecule has 0 saturated heterocycles. The van der Waals surface area contributed by atoms with E-state index in [4.69, 9.17) is 9.84 Å². The number of H-pyrrole nitrogens is 1. The molecule has 0 aliphatic rings. The number of aromatic nitrogens is 6. The number of amides is 2. The molecule has 11 nitrogen and oxygen atoms in total. The molecule has 7 rings (SSSR count). The molecule has 0 aliphatic carbocycles. The molecule has 3 aromatic heterocycles. The average Bonchev–Trinajstić information content (AvgIpc) is 3.72. The quantitative estimate of drug-likeness (QED) is 0.120. The minimum Gasteiger partial charge on any atom is -0.438 e. The molecule has 3 heterocycles. The van der Waals surface area contributed by atoms with Crippen molar-refractivity contribution in [1.29, 1.82) is 0 Å². The molecule has 0 atom stereocenters. The van der Waals surface area contributed by atoms with Gasteiger partial charge in [0.2, 0.25) is 11.8 Å². The average molecular weight is 624 g/mol. The zero-order valence-electron chi connectivity index (χ0n) is 26.0. The highest BCUT2D eigenvalue weighted by atomic mass is 16.5. The van der Waals surface area contributed by atoms with Crippen LogP contribution in [0.15, 0.2) is 103 Å². The Hall–Kier alpha value is -6.23. The number of carbonyl (C=O) groups is 1. The molecule has 4 aromatic carbocycles. The molecule has 0 spiro atoms. The molecule has 0 aliphatic heterocycles. The largest absolute Gasteiger partial charge is 0.438 e. The van der Waals surface area contributed by atoms with Gasteiger partial charge in [-0.25, -0.2) is 14.5 Å². The number of aryl methyl sites for hydroxylation is 2. The van der Waals surface area contributed by atoms with Crippen molar-refractivity contribution in [3.05, 3.63) is 115 Å². The Morgan fingerprint density at radius 2 is 1.79 bits per heavy atom. The zero-order valence-corrected chi connectivity index (χ0v) is 26.0. The molecule has 0 bridgehead atoms. The molecular formula is C36H33N9O2. The Morgan fingerprint density at radius 1 is 0.936 bits per heavy atom. The molecular weight excluding hydrogens is 590 g/mol. The number of unbranched alkanes of at least 4 members (excludes halogenated alkanes) is 1. The Kier molecular flexibility index (Phi) is 8.16. The van der Waals surface area contributed by atoms with Crippen molar-refractivity contribution in [3.8, 4) is 17.3 Å².